The molecule has 1 saturated heterocycles. The van der Waals surface area contributed by atoms with Crippen LogP contribution in [0, 0.1) is 0 Å². The second-order valence-corrected chi connectivity index (χ2v) is 6.78. The Morgan fingerprint density at radius 1 is 1.53 bits per heavy atom. The van der Waals surface area contributed by atoms with E-state index in [0.717, 1.165) is 22.4 Å². The van der Waals surface area contributed by atoms with Gasteiger partial charge in [-0.3, -0.25) is 9.78 Å². The zero-order valence-corrected chi connectivity index (χ0v) is 12.0. The van der Waals surface area contributed by atoms with E-state index in [-0.39, 0.29) is 11.9 Å². The highest BCUT2D eigenvalue weighted by Gasteiger charge is 2.21. The Bertz CT molecular complexity index is 605. The number of nitrogen functional groups attached to an aromatic ring is 1. The number of nitrogens with one attached hydrogen (secondary N) is 1. The number of anilines is 1. The highest BCUT2D eigenvalue weighted by molar-refractivity contribution is 7.99. The normalized spacial score (nSPS) is 19.5. The van der Waals surface area contributed by atoms with Gasteiger partial charge in [-0.1, -0.05) is 0 Å². The first-order valence-corrected chi connectivity index (χ1v) is 8.24. The third kappa shape index (κ3) is 2.55. The molecule has 0 radical (unpaired) electrons. The van der Waals surface area contributed by atoms with Crippen molar-refractivity contribution in [1.82, 2.24) is 10.3 Å². The molecule has 19 heavy (non-hydrogen) atoms. The second kappa shape index (κ2) is 5.38. The number of hydrogen-bond acceptors (Lipinski definition) is 5. The number of rotatable bonds is 2. The lowest BCUT2D eigenvalue weighted by Gasteiger charge is -2.22. The van der Waals surface area contributed by atoms with Gasteiger partial charge in [-0.25, -0.2) is 0 Å². The minimum Gasteiger partial charge on any atom is -0.396 e. The first kappa shape index (κ1) is 12.7. The maximum atomic E-state index is 12.3. The molecule has 1 atom stereocenters. The topological polar surface area (TPSA) is 68.0 Å². The molecule has 1 amide bonds. The lowest BCUT2D eigenvalue weighted by atomic mass is 10.2. The van der Waals surface area contributed by atoms with Gasteiger partial charge in [0.2, 0.25) is 0 Å². The molecular weight excluding hydrogens is 278 g/mol. The Morgan fingerprint density at radius 2 is 2.42 bits per heavy atom. The molecule has 4 nitrogen and oxygen atoms in total. The maximum Gasteiger partial charge on any atom is 0.263 e. The Balaban J connectivity index is 1.83. The summed E-state index contributed by atoms with van der Waals surface area (Å²) in [6.07, 6.45) is 3.92. The summed E-state index contributed by atoms with van der Waals surface area (Å²) >= 11 is 3.31. The van der Waals surface area contributed by atoms with E-state index in [9.17, 15) is 4.79 Å². The molecule has 6 heteroatoms. The third-order valence-electron chi connectivity index (χ3n) is 3.18. The Morgan fingerprint density at radius 3 is 3.16 bits per heavy atom. The second-order valence-electron chi connectivity index (χ2n) is 4.58. The Labute approximate surface area is 119 Å². The molecule has 0 saturated carbocycles. The van der Waals surface area contributed by atoms with Crippen molar-refractivity contribution in [3.05, 3.63) is 23.2 Å². The van der Waals surface area contributed by atoms with Crippen LogP contribution in [-0.2, 0) is 0 Å². The van der Waals surface area contributed by atoms with Crippen molar-refractivity contribution < 1.29 is 4.79 Å². The fourth-order valence-electron chi connectivity index (χ4n) is 2.22. The Kier molecular flexibility index (Phi) is 3.61. The van der Waals surface area contributed by atoms with E-state index < -0.39 is 0 Å². The van der Waals surface area contributed by atoms with Crippen LogP contribution >= 0.6 is 23.1 Å². The number of hydrogen-bond donors (Lipinski definition) is 2. The lowest BCUT2D eigenvalue weighted by molar-refractivity contribution is 0.0943. The maximum absolute atomic E-state index is 12.3. The van der Waals surface area contributed by atoms with Gasteiger partial charge in [-0.15, -0.1) is 11.3 Å². The predicted octanol–water partition coefficient (Wildman–Crippen LogP) is 2.50. The van der Waals surface area contributed by atoms with Gasteiger partial charge in [0, 0.05) is 18.0 Å². The van der Waals surface area contributed by atoms with Gasteiger partial charge >= 0.3 is 0 Å². The summed E-state index contributed by atoms with van der Waals surface area (Å²) in [6.45, 7) is 0. The number of nitrogens with two attached hydrogens (primary N) is 1. The number of carbonyl (C=O) groups excluding carboxylic acids is 1. The van der Waals surface area contributed by atoms with Crippen molar-refractivity contribution >= 4 is 44.9 Å². The fourth-order valence-corrected chi connectivity index (χ4v) is 4.28. The minimum atomic E-state index is -0.0620. The van der Waals surface area contributed by atoms with Crippen LogP contribution in [0.3, 0.4) is 0 Å². The first-order valence-electron chi connectivity index (χ1n) is 6.27. The van der Waals surface area contributed by atoms with Crippen molar-refractivity contribution in [1.29, 1.82) is 0 Å². The lowest BCUT2D eigenvalue weighted by Crippen LogP contribution is -2.38. The van der Waals surface area contributed by atoms with Crippen molar-refractivity contribution in [2.45, 2.75) is 18.9 Å². The summed E-state index contributed by atoms with van der Waals surface area (Å²) in [6, 6.07) is 4.07. The van der Waals surface area contributed by atoms with Crippen LogP contribution in [0.25, 0.3) is 10.2 Å². The molecular formula is C13H15N3OS2. The SMILES string of the molecule is Nc1c(C(=O)NC2CCCSC2)sc2cccnc12. The van der Waals surface area contributed by atoms with Crippen LogP contribution in [0.4, 0.5) is 5.69 Å². The van der Waals surface area contributed by atoms with E-state index in [1.807, 2.05) is 23.9 Å². The van der Waals surface area contributed by atoms with Crippen molar-refractivity contribution in [3.63, 3.8) is 0 Å². The summed E-state index contributed by atoms with van der Waals surface area (Å²) in [5, 5.41) is 3.08. The quantitative estimate of drug-likeness (QED) is 0.892. The number of amides is 1. The number of thioether (sulfide) groups is 1. The van der Waals surface area contributed by atoms with Gasteiger partial charge in [-0.2, -0.15) is 11.8 Å². The first-order chi connectivity index (χ1) is 9.25. The van der Waals surface area contributed by atoms with Crippen molar-refractivity contribution in [2.24, 2.45) is 0 Å². The molecule has 3 N–H and O–H groups in total. The van der Waals surface area contributed by atoms with Crippen LogP contribution in [-0.4, -0.2) is 28.4 Å². The zero-order chi connectivity index (χ0) is 13.2. The van der Waals surface area contributed by atoms with Crippen molar-refractivity contribution in [3.8, 4) is 0 Å². The van der Waals surface area contributed by atoms with E-state index in [4.69, 9.17) is 5.73 Å². The molecule has 0 aliphatic carbocycles. The van der Waals surface area contributed by atoms with Crippen LogP contribution in [0.5, 0.6) is 0 Å². The Hall–Kier alpha value is -1.27. The monoisotopic (exact) mass is 293 g/mol. The molecule has 0 aromatic carbocycles. The van der Waals surface area contributed by atoms with E-state index >= 15 is 0 Å². The number of carbonyl (C=O) groups is 1. The van der Waals surface area contributed by atoms with E-state index in [1.54, 1.807) is 6.20 Å². The largest absolute Gasteiger partial charge is 0.396 e. The number of aromatic nitrogens is 1. The fraction of sp³-hybridized carbons (Fsp3) is 0.385. The molecule has 3 rings (SSSR count). The molecule has 1 aliphatic rings. The van der Waals surface area contributed by atoms with Gasteiger partial charge in [0.25, 0.3) is 5.91 Å². The third-order valence-corrected chi connectivity index (χ3v) is 5.56. The van der Waals surface area contributed by atoms with Gasteiger partial charge in [0.05, 0.1) is 10.4 Å². The molecule has 3 heterocycles. The molecule has 2 aromatic rings. The van der Waals surface area contributed by atoms with Crippen molar-refractivity contribution in [2.75, 3.05) is 17.2 Å². The summed E-state index contributed by atoms with van der Waals surface area (Å²) in [5.74, 6) is 2.13. The summed E-state index contributed by atoms with van der Waals surface area (Å²) < 4.78 is 0.961. The number of thiophene rings is 1. The summed E-state index contributed by atoms with van der Waals surface area (Å²) in [5.41, 5.74) is 7.26. The van der Waals surface area contributed by atoms with Crippen LogP contribution in [0.2, 0.25) is 0 Å². The van der Waals surface area contributed by atoms with Gasteiger partial charge in [0.15, 0.2) is 0 Å². The summed E-state index contributed by atoms with van der Waals surface area (Å²) in [4.78, 5) is 17.1. The van der Waals surface area contributed by atoms with Gasteiger partial charge in [-0.05, 0) is 30.7 Å². The zero-order valence-electron chi connectivity index (χ0n) is 10.4. The summed E-state index contributed by atoms with van der Waals surface area (Å²) in [7, 11) is 0. The highest BCUT2D eigenvalue weighted by atomic mass is 32.2. The number of fused-ring (bicyclic) bond motifs is 1. The molecule has 2 aromatic heterocycles. The average molecular weight is 293 g/mol. The average Bonchev–Trinajstić information content (AvgIpc) is 2.78. The van der Waals surface area contributed by atoms with Crippen LogP contribution in [0.15, 0.2) is 18.3 Å². The smallest absolute Gasteiger partial charge is 0.263 e. The van der Waals surface area contributed by atoms with E-state index in [2.05, 4.69) is 10.3 Å². The highest BCUT2D eigenvalue weighted by Crippen LogP contribution is 2.32. The number of pyridine rings is 1. The molecule has 100 valence electrons. The molecule has 1 aliphatic heterocycles. The van der Waals surface area contributed by atoms with Gasteiger partial charge in [0.1, 0.15) is 10.4 Å². The predicted molar refractivity (Wildman–Crippen MR) is 81.8 cm³/mol. The minimum absolute atomic E-state index is 0.0620. The van der Waals surface area contributed by atoms with E-state index in [0.29, 0.717) is 10.6 Å². The number of nitrogens with zero attached hydrogens (tertiary/aromatic N) is 1. The molecule has 1 fully saturated rings. The molecule has 0 spiro atoms. The van der Waals surface area contributed by atoms with E-state index in [1.165, 1.54) is 23.5 Å². The van der Waals surface area contributed by atoms with Crippen LogP contribution < -0.4 is 11.1 Å². The van der Waals surface area contributed by atoms with Crippen LogP contribution in [0.1, 0.15) is 22.5 Å². The molecule has 0 bridgehead atoms. The van der Waals surface area contributed by atoms with Gasteiger partial charge < -0.3 is 11.1 Å². The molecule has 1 unspecified atom stereocenters. The standard InChI is InChI=1S/C13H15N3OS2/c14-10-11-9(4-1-5-15-11)19-12(10)13(17)16-8-3-2-6-18-7-8/h1,4-5,8H,2-3,6-7,14H2,(H,16,17).